The third kappa shape index (κ3) is 3.19. The van der Waals surface area contributed by atoms with Crippen LogP contribution in [0, 0.1) is 19.8 Å². The smallest absolute Gasteiger partial charge is 0.246 e. The van der Waals surface area contributed by atoms with Gasteiger partial charge in [0.05, 0.1) is 0 Å². The highest BCUT2D eigenvalue weighted by Gasteiger charge is 2.30. The zero-order chi connectivity index (χ0) is 14.8. The molecule has 1 aromatic rings. The number of aryl methyl sites for hydroxylation is 2. The summed E-state index contributed by atoms with van der Waals surface area (Å²) in [6, 6.07) is 0. The fourth-order valence-corrected chi connectivity index (χ4v) is 3.81. The highest BCUT2D eigenvalue weighted by atomic mass is 32.2. The van der Waals surface area contributed by atoms with Crippen LogP contribution in [0.15, 0.2) is 9.31 Å². The van der Waals surface area contributed by atoms with Crippen molar-refractivity contribution in [1.82, 2.24) is 4.31 Å². The Morgan fingerprint density at radius 3 is 2.37 bits per heavy atom. The molecule has 1 heterocycles. The monoisotopic (exact) mass is 288 g/mol. The Kier molecular flexibility index (Phi) is 5.18. The van der Waals surface area contributed by atoms with Gasteiger partial charge in [-0.3, -0.25) is 0 Å². The first-order chi connectivity index (χ1) is 8.75. The van der Waals surface area contributed by atoms with Crippen molar-refractivity contribution in [3.05, 3.63) is 17.1 Å². The minimum Gasteiger partial charge on any atom is -0.465 e. The van der Waals surface area contributed by atoms with Crippen LogP contribution in [0.25, 0.3) is 0 Å². The Hall–Kier alpha value is -0.850. The molecular weight excluding hydrogens is 264 g/mol. The number of furan rings is 1. The van der Waals surface area contributed by atoms with Crippen LogP contribution in [0.3, 0.4) is 0 Å². The molecule has 6 heteroatoms. The SMILES string of the molecule is CCC(C)CN(C)S(=O)(=O)c1c(C)oc(C)c1CN. The van der Waals surface area contributed by atoms with Gasteiger partial charge < -0.3 is 10.2 Å². The van der Waals surface area contributed by atoms with E-state index < -0.39 is 10.0 Å². The highest BCUT2D eigenvalue weighted by Crippen LogP contribution is 2.28. The largest absolute Gasteiger partial charge is 0.465 e. The van der Waals surface area contributed by atoms with Crippen molar-refractivity contribution in [3.8, 4) is 0 Å². The average molecular weight is 288 g/mol. The second-order valence-corrected chi connectivity index (χ2v) is 7.01. The molecule has 0 bridgehead atoms. The van der Waals surface area contributed by atoms with E-state index in [-0.39, 0.29) is 11.4 Å². The maximum atomic E-state index is 12.6. The summed E-state index contributed by atoms with van der Waals surface area (Å²) in [7, 11) is -1.94. The summed E-state index contributed by atoms with van der Waals surface area (Å²) in [6.45, 7) is 8.13. The van der Waals surface area contributed by atoms with Gasteiger partial charge >= 0.3 is 0 Å². The summed E-state index contributed by atoms with van der Waals surface area (Å²) >= 11 is 0. The summed E-state index contributed by atoms with van der Waals surface area (Å²) in [5.74, 6) is 1.30. The molecule has 1 aromatic heterocycles. The van der Waals surface area contributed by atoms with Crippen LogP contribution < -0.4 is 5.73 Å². The lowest BCUT2D eigenvalue weighted by Gasteiger charge is -2.20. The lowest BCUT2D eigenvalue weighted by Crippen LogP contribution is -2.32. The molecule has 0 amide bonds. The first-order valence-corrected chi connectivity index (χ1v) is 7.94. The van der Waals surface area contributed by atoms with E-state index in [9.17, 15) is 8.42 Å². The van der Waals surface area contributed by atoms with Crippen LogP contribution in [0.2, 0.25) is 0 Å². The molecule has 110 valence electrons. The molecule has 0 saturated heterocycles. The maximum absolute atomic E-state index is 12.6. The van der Waals surface area contributed by atoms with E-state index in [1.165, 1.54) is 4.31 Å². The number of hydrogen-bond acceptors (Lipinski definition) is 4. The van der Waals surface area contributed by atoms with E-state index in [1.54, 1.807) is 20.9 Å². The second kappa shape index (κ2) is 6.07. The summed E-state index contributed by atoms with van der Waals surface area (Å²) in [5.41, 5.74) is 6.22. The van der Waals surface area contributed by atoms with Crippen molar-refractivity contribution >= 4 is 10.0 Å². The molecule has 0 aliphatic carbocycles. The minimum absolute atomic E-state index is 0.162. The minimum atomic E-state index is -3.54. The summed E-state index contributed by atoms with van der Waals surface area (Å²) < 4.78 is 32.0. The van der Waals surface area contributed by atoms with Gasteiger partial charge in [0.15, 0.2) is 0 Å². The molecule has 0 saturated carbocycles. The molecule has 0 aromatic carbocycles. The van der Waals surface area contributed by atoms with Crippen LogP contribution in [-0.2, 0) is 16.6 Å². The Balaban J connectivity index is 3.20. The normalized spacial score (nSPS) is 14.1. The Labute approximate surface area is 115 Å². The molecule has 0 radical (unpaired) electrons. The van der Waals surface area contributed by atoms with Crippen LogP contribution in [0.1, 0.15) is 37.4 Å². The molecule has 1 atom stereocenters. The molecular formula is C13H24N2O3S. The van der Waals surface area contributed by atoms with Gasteiger partial charge in [-0.2, -0.15) is 0 Å². The van der Waals surface area contributed by atoms with E-state index in [0.717, 1.165) is 6.42 Å². The van der Waals surface area contributed by atoms with Gasteiger partial charge in [0, 0.05) is 25.7 Å². The number of rotatable bonds is 6. The Morgan fingerprint density at radius 1 is 1.32 bits per heavy atom. The number of hydrogen-bond donors (Lipinski definition) is 1. The van der Waals surface area contributed by atoms with E-state index in [1.807, 2.05) is 13.8 Å². The lowest BCUT2D eigenvalue weighted by atomic mass is 10.1. The molecule has 2 N–H and O–H groups in total. The van der Waals surface area contributed by atoms with E-state index in [0.29, 0.717) is 29.5 Å². The van der Waals surface area contributed by atoms with Crippen molar-refractivity contribution in [2.24, 2.45) is 11.7 Å². The second-order valence-electron chi connectivity index (χ2n) is 5.03. The van der Waals surface area contributed by atoms with Gasteiger partial charge in [-0.1, -0.05) is 20.3 Å². The predicted molar refractivity (Wildman–Crippen MR) is 75.3 cm³/mol. The molecule has 0 spiro atoms. The van der Waals surface area contributed by atoms with Crippen LogP contribution >= 0.6 is 0 Å². The molecule has 1 rings (SSSR count). The summed E-state index contributed by atoms with van der Waals surface area (Å²) in [4.78, 5) is 0.235. The van der Waals surface area contributed by atoms with Crippen LogP contribution in [0.4, 0.5) is 0 Å². The molecule has 0 aliphatic rings. The van der Waals surface area contributed by atoms with Crippen molar-refractivity contribution in [2.75, 3.05) is 13.6 Å². The van der Waals surface area contributed by atoms with E-state index in [2.05, 4.69) is 0 Å². The molecule has 1 unspecified atom stereocenters. The number of sulfonamides is 1. The summed E-state index contributed by atoms with van der Waals surface area (Å²) in [5, 5.41) is 0. The molecule has 5 nitrogen and oxygen atoms in total. The third-order valence-electron chi connectivity index (χ3n) is 3.46. The Bertz CT molecular complexity index is 534. The van der Waals surface area contributed by atoms with Gasteiger partial charge in [-0.15, -0.1) is 0 Å². The molecule has 19 heavy (non-hydrogen) atoms. The summed E-state index contributed by atoms with van der Waals surface area (Å²) in [6.07, 6.45) is 0.938. The van der Waals surface area contributed by atoms with Crippen LogP contribution in [-0.4, -0.2) is 26.3 Å². The van der Waals surface area contributed by atoms with Crippen molar-refractivity contribution < 1.29 is 12.8 Å². The first-order valence-electron chi connectivity index (χ1n) is 6.50. The van der Waals surface area contributed by atoms with Gasteiger partial charge in [-0.05, 0) is 19.8 Å². The van der Waals surface area contributed by atoms with E-state index >= 15 is 0 Å². The zero-order valence-electron chi connectivity index (χ0n) is 12.4. The average Bonchev–Trinajstić information content (AvgIpc) is 2.63. The quantitative estimate of drug-likeness (QED) is 0.869. The van der Waals surface area contributed by atoms with Gasteiger partial charge in [-0.25, -0.2) is 12.7 Å². The topological polar surface area (TPSA) is 76.5 Å². The van der Waals surface area contributed by atoms with Gasteiger partial charge in [0.2, 0.25) is 10.0 Å². The molecule has 0 aliphatic heterocycles. The first kappa shape index (κ1) is 16.2. The predicted octanol–water partition coefficient (Wildman–Crippen LogP) is 2.02. The van der Waals surface area contributed by atoms with Crippen molar-refractivity contribution in [3.63, 3.8) is 0 Å². The van der Waals surface area contributed by atoms with Crippen molar-refractivity contribution in [1.29, 1.82) is 0 Å². The van der Waals surface area contributed by atoms with E-state index in [4.69, 9.17) is 10.2 Å². The maximum Gasteiger partial charge on any atom is 0.246 e. The third-order valence-corrected chi connectivity index (χ3v) is 5.48. The number of nitrogens with two attached hydrogens (primary N) is 1. The Morgan fingerprint density at radius 2 is 1.89 bits per heavy atom. The fourth-order valence-electron chi connectivity index (χ4n) is 2.11. The van der Waals surface area contributed by atoms with Gasteiger partial charge in [0.25, 0.3) is 0 Å². The fraction of sp³-hybridized carbons (Fsp3) is 0.692. The van der Waals surface area contributed by atoms with Crippen molar-refractivity contribution in [2.45, 2.75) is 45.6 Å². The molecule has 0 fully saturated rings. The van der Waals surface area contributed by atoms with Gasteiger partial charge in [0.1, 0.15) is 16.4 Å². The highest BCUT2D eigenvalue weighted by molar-refractivity contribution is 7.89. The van der Waals surface area contributed by atoms with Crippen LogP contribution in [0.5, 0.6) is 0 Å². The lowest BCUT2D eigenvalue weighted by molar-refractivity contribution is 0.392. The zero-order valence-corrected chi connectivity index (χ0v) is 13.2. The number of nitrogens with zero attached hydrogens (tertiary/aromatic N) is 1. The standard InChI is InChI=1S/C13H24N2O3S/c1-6-9(2)8-15(5)19(16,17)13-11(4)18-10(3)12(13)7-14/h9H,6-8,14H2,1-5H3.